The molecule has 0 bridgehead atoms. The van der Waals surface area contributed by atoms with Crippen molar-refractivity contribution in [1.29, 1.82) is 0 Å². The molecule has 1 heterocycles. The first kappa shape index (κ1) is 14.5. The van der Waals surface area contributed by atoms with Crippen LogP contribution in [0.1, 0.15) is 51.3 Å². The van der Waals surface area contributed by atoms with Crippen LogP contribution in [0.15, 0.2) is 12.3 Å². The molecule has 4 nitrogen and oxygen atoms in total. The number of nitrogens with one attached hydrogen (secondary N) is 1. The molecule has 0 spiro atoms. The van der Waals surface area contributed by atoms with E-state index in [0.717, 1.165) is 12.6 Å². The number of hydrogen-bond donors (Lipinski definition) is 1. The molecular formula is C15H28N4. The van der Waals surface area contributed by atoms with E-state index in [1.165, 1.54) is 31.4 Å². The van der Waals surface area contributed by atoms with Crippen LogP contribution in [-0.4, -0.2) is 40.9 Å². The van der Waals surface area contributed by atoms with E-state index < -0.39 is 0 Å². The van der Waals surface area contributed by atoms with Gasteiger partial charge in [-0.15, -0.1) is 0 Å². The lowest BCUT2D eigenvalue weighted by molar-refractivity contribution is 0.168. The summed E-state index contributed by atoms with van der Waals surface area (Å²) in [5.41, 5.74) is 1.19. The topological polar surface area (TPSA) is 33.1 Å². The molecule has 19 heavy (non-hydrogen) atoms. The minimum atomic E-state index is 0.449. The molecule has 1 aliphatic rings. The Morgan fingerprint density at radius 1 is 1.37 bits per heavy atom. The molecule has 1 aliphatic carbocycles. The van der Waals surface area contributed by atoms with Gasteiger partial charge in [-0.3, -0.25) is 9.58 Å². The molecule has 0 amide bonds. The highest BCUT2D eigenvalue weighted by atomic mass is 15.3. The van der Waals surface area contributed by atoms with E-state index in [9.17, 15) is 0 Å². The third-order valence-electron chi connectivity index (χ3n) is 4.33. The van der Waals surface area contributed by atoms with Crippen molar-refractivity contribution in [1.82, 2.24) is 20.0 Å². The van der Waals surface area contributed by atoms with Crippen LogP contribution < -0.4 is 5.32 Å². The highest BCUT2D eigenvalue weighted by molar-refractivity contribution is 5.00. The van der Waals surface area contributed by atoms with Gasteiger partial charge in [-0.2, -0.15) is 5.10 Å². The number of nitrogens with zero attached hydrogens (tertiary/aromatic N) is 3. The van der Waals surface area contributed by atoms with Gasteiger partial charge < -0.3 is 5.32 Å². The first-order valence-electron chi connectivity index (χ1n) is 7.51. The molecule has 1 aromatic heterocycles. The quantitative estimate of drug-likeness (QED) is 0.886. The summed E-state index contributed by atoms with van der Waals surface area (Å²) in [7, 11) is 4.31. The van der Waals surface area contributed by atoms with E-state index in [1.807, 2.05) is 4.68 Å². The van der Waals surface area contributed by atoms with Crippen LogP contribution in [0.5, 0.6) is 0 Å². The van der Waals surface area contributed by atoms with Crippen molar-refractivity contribution in [3.05, 3.63) is 18.0 Å². The van der Waals surface area contributed by atoms with Crippen LogP contribution in [0, 0.1) is 0 Å². The maximum absolute atomic E-state index is 4.64. The molecule has 0 atom stereocenters. The Morgan fingerprint density at radius 2 is 2.05 bits per heavy atom. The molecule has 0 aliphatic heterocycles. The third kappa shape index (κ3) is 3.80. The molecular weight excluding hydrogens is 236 g/mol. The van der Waals surface area contributed by atoms with Gasteiger partial charge in [-0.05, 0) is 59.7 Å². The molecule has 2 rings (SSSR count). The molecule has 1 saturated carbocycles. The monoisotopic (exact) mass is 264 g/mol. The Hall–Kier alpha value is -0.870. The van der Waals surface area contributed by atoms with Crippen molar-refractivity contribution >= 4 is 0 Å². The van der Waals surface area contributed by atoms with Gasteiger partial charge in [-0.1, -0.05) is 0 Å². The minimum absolute atomic E-state index is 0.449. The van der Waals surface area contributed by atoms with Crippen LogP contribution in [0.2, 0.25) is 0 Å². The third-order valence-corrected chi connectivity index (χ3v) is 4.33. The summed E-state index contributed by atoms with van der Waals surface area (Å²) in [6.07, 6.45) is 7.28. The second-order valence-corrected chi connectivity index (χ2v) is 6.09. The predicted octanol–water partition coefficient (Wildman–Crippen LogP) is 2.43. The Balaban J connectivity index is 1.85. The summed E-state index contributed by atoms with van der Waals surface area (Å²) in [5.74, 6) is 0. The highest BCUT2D eigenvalue weighted by Gasteiger charge is 2.23. The molecule has 0 unspecified atom stereocenters. The van der Waals surface area contributed by atoms with Gasteiger partial charge in [-0.25, -0.2) is 0 Å². The SMILES string of the molecule is CNC1CCC(N(C)Cc2ccn(C(C)C)n2)CC1. The zero-order chi connectivity index (χ0) is 13.8. The zero-order valence-electron chi connectivity index (χ0n) is 12.8. The Morgan fingerprint density at radius 3 is 2.58 bits per heavy atom. The van der Waals surface area contributed by atoms with Crippen LogP contribution in [-0.2, 0) is 6.54 Å². The molecule has 1 N–H and O–H groups in total. The van der Waals surface area contributed by atoms with E-state index in [2.05, 4.69) is 55.5 Å². The summed E-state index contributed by atoms with van der Waals surface area (Å²) in [6.45, 7) is 5.30. The van der Waals surface area contributed by atoms with Gasteiger partial charge in [0, 0.05) is 30.9 Å². The van der Waals surface area contributed by atoms with E-state index in [1.54, 1.807) is 0 Å². The van der Waals surface area contributed by atoms with Gasteiger partial charge in [0.15, 0.2) is 0 Å². The second kappa shape index (κ2) is 6.53. The maximum atomic E-state index is 4.64. The van der Waals surface area contributed by atoms with Crippen LogP contribution in [0.3, 0.4) is 0 Å². The smallest absolute Gasteiger partial charge is 0.0764 e. The van der Waals surface area contributed by atoms with E-state index in [4.69, 9.17) is 0 Å². The average molecular weight is 264 g/mol. The largest absolute Gasteiger partial charge is 0.317 e. The van der Waals surface area contributed by atoms with Crippen molar-refractivity contribution in [3.63, 3.8) is 0 Å². The highest BCUT2D eigenvalue weighted by Crippen LogP contribution is 2.23. The van der Waals surface area contributed by atoms with Crippen LogP contribution in [0.4, 0.5) is 0 Å². The lowest BCUT2D eigenvalue weighted by atomic mass is 9.90. The number of rotatable bonds is 5. The Labute approximate surface area is 117 Å². The maximum Gasteiger partial charge on any atom is 0.0764 e. The van der Waals surface area contributed by atoms with Crippen molar-refractivity contribution in [2.24, 2.45) is 0 Å². The summed E-state index contributed by atoms with van der Waals surface area (Å²) >= 11 is 0. The lowest BCUT2D eigenvalue weighted by Gasteiger charge is -2.34. The van der Waals surface area contributed by atoms with Crippen molar-refractivity contribution in [2.75, 3.05) is 14.1 Å². The normalized spacial score (nSPS) is 24.3. The first-order chi connectivity index (χ1) is 9.10. The molecule has 0 aromatic carbocycles. The Bertz CT molecular complexity index is 377. The Kier molecular flexibility index (Phi) is 4.99. The standard InChI is InChI=1S/C15H28N4/c1-12(2)19-10-9-14(17-19)11-18(4)15-7-5-13(16-3)6-8-15/h9-10,12-13,15-16H,5-8,11H2,1-4H3. The molecule has 1 aromatic rings. The lowest BCUT2D eigenvalue weighted by Crippen LogP contribution is -2.39. The van der Waals surface area contributed by atoms with Crippen molar-refractivity contribution in [2.45, 2.75) is 64.2 Å². The summed E-state index contributed by atoms with van der Waals surface area (Å²) in [4.78, 5) is 2.47. The minimum Gasteiger partial charge on any atom is -0.317 e. The molecule has 0 radical (unpaired) electrons. The van der Waals surface area contributed by atoms with Crippen LogP contribution in [0.25, 0.3) is 0 Å². The fourth-order valence-electron chi connectivity index (χ4n) is 2.94. The van der Waals surface area contributed by atoms with E-state index >= 15 is 0 Å². The average Bonchev–Trinajstić information content (AvgIpc) is 2.87. The van der Waals surface area contributed by atoms with Gasteiger partial charge in [0.05, 0.1) is 5.69 Å². The van der Waals surface area contributed by atoms with Gasteiger partial charge in [0.1, 0.15) is 0 Å². The van der Waals surface area contributed by atoms with Gasteiger partial charge in [0.25, 0.3) is 0 Å². The zero-order valence-corrected chi connectivity index (χ0v) is 12.8. The number of hydrogen-bond acceptors (Lipinski definition) is 3. The fourth-order valence-corrected chi connectivity index (χ4v) is 2.94. The summed E-state index contributed by atoms with van der Waals surface area (Å²) in [5, 5.41) is 8.03. The van der Waals surface area contributed by atoms with Crippen LogP contribution >= 0.6 is 0 Å². The molecule has 4 heteroatoms. The second-order valence-electron chi connectivity index (χ2n) is 6.09. The molecule has 1 fully saturated rings. The first-order valence-corrected chi connectivity index (χ1v) is 7.51. The fraction of sp³-hybridized carbons (Fsp3) is 0.800. The summed E-state index contributed by atoms with van der Waals surface area (Å²) < 4.78 is 2.04. The summed E-state index contributed by atoms with van der Waals surface area (Å²) in [6, 6.07) is 4.04. The molecule has 108 valence electrons. The van der Waals surface area contributed by atoms with Gasteiger partial charge >= 0.3 is 0 Å². The van der Waals surface area contributed by atoms with Gasteiger partial charge in [0.2, 0.25) is 0 Å². The van der Waals surface area contributed by atoms with Crippen molar-refractivity contribution in [3.8, 4) is 0 Å². The van der Waals surface area contributed by atoms with E-state index in [0.29, 0.717) is 12.1 Å². The molecule has 0 saturated heterocycles. The van der Waals surface area contributed by atoms with E-state index in [-0.39, 0.29) is 0 Å². The number of aromatic nitrogens is 2. The predicted molar refractivity (Wildman–Crippen MR) is 79.2 cm³/mol. The van der Waals surface area contributed by atoms with Crippen molar-refractivity contribution < 1.29 is 0 Å².